The number of allylic oxidation sites excluding steroid dienone is 2. The van der Waals surface area contributed by atoms with Gasteiger partial charge >= 0.3 is 0 Å². The molecule has 8 unspecified atom stereocenters. The minimum atomic E-state index is -2.81. The van der Waals surface area contributed by atoms with Crippen molar-refractivity contribution in [2.45, 2.75) is 24.5 Å². The first-order valence-corrected chi connectivity index (χ1v) is 9.26. The summed E-state index contributed by atoms with van der Waals surface area (Å²) in [6.45, 7) is 8.01. The molecule has 1 saturated heterocycles. The van der Waals surface area contributed by atoms with Gasteiger partial charge in [-0.25, -0.2) is 8.42 Å². The monoisotopic (exact) mass is 278 g/mol. The summed E-state index contributed by atoms with van der Waals surface area (Å²) in [6.07, 6.45) is 7.42. The van der Waals surface area contributed by atoms with E-state index in [4.69, 9.17) is 0 Å². The molecule has 3 saturated carbocycles. The van der Waals surface area contributed by atoms with Gasteiger partial charge in [0.15, 0.2) is 9.84 Å². The molecule has 1 heterocycles. The van der Waals surface area contributed by atoms with Gasteiger partial charge < -0.3 is 0 Å². The number of hydrogen-bond acceptors (Lipinski definition) is 2. The molecule has 4 aliphatic rings. The third-order valence-corrected chi connectivity index (χ3v) is 8.99. The maximum atomic E-state index is 12.3. The predicted molar refractivity (Wildman–Crippen MR) is 76.2 cm³/mol. The summed E-state index contributed by atoms with van der Waals surface area (Å²) >= 11 is 0. The predicted octanol–water partition coefficient (Wildman–Crippen LogP) is 2.68. The highest BCUT2D eigenvalue weighted by Gasteiger charge is 2.67. The molecule has 4 rings (SSSR count). The number of fused-ring (bicyclic) bond motifs is 8. The second-order valence-corrected chi connectivity index (χ2v) is 9.32. The van der Waals surface area contributed by atoms with Crippen molar-refractivity contribution in [1.82, 2.24) is 0 Å². The van der Waals surface area contributed by atoms with Gasteiger partial charge in [0, 0.05) is 0 Å². The van der Waals surface area contributed by atoms with Crippen molar-refractivity contribution < 1.29 is 8.42 Å². The van der Waals surface area contributed by atoms with E-state index >= 15 is 0 Å². The third kappa shape index (κ3) is 1.35. The minimum Gasteiger partial charge on any atom is -0.229 e. The fraction of sp³-hybridized carbons (Fsp3) is 0.750. The second kappa shape index (κ2) is 3.75. The van der Waals surface area contributed by atoms with E-state index in [1.54, 1.807) is 0 Å². The molecule has 0 amide bonds. The molecule has 0 spiro atoms. The van der Waals surface area contributed by atoms with Gasteiger partial charge in [0.1, 0.15) is 0 Å². The zero-order valence-corrected chi connectivity index (χ0v) is 12.1. The van der Waals surface area contributed by atoms with Gasteiger partial charge in [-0.2, -0.15) is 0 Å². The maximum Gasteiger partial charge on any atom is 0.153 e. The Balaban J connectivity index is 1.77. The highest BCUT2D eigenvalue weighted by Crippen LogP contribution is 2.68. The Morgan fingerprint density at radius 1 is 0.895 bits per heavy atom. The lowest BCUT2D eigenvalue weighted by molar-refractivity contribution is 0.165. The molecule has 3 heteroatoms. The van der Waals surface area contributed by atoms with Crippen LogP contribution in [0.25, 0.3) is 0 Å². The number of sulfone groups is 1. The van der Waals surface area contributed by atoms with E-state index in [1.807, 2.05) is 0 Å². The van der Waals surface area contributed by atoms with Gasteiger partial charge in [0.05, 0.1) is 11.0 Å². The molecule has 2 nitrogen and oxygen atoms in total. The van der Waals surface area contributed by atoms with Crippen LogP contribution in [0.3, 0.4) is 0 Å². The molecule has 0 N–H and O–H groups in total. The maximum absolute atomic E-state index is 12.3. The van der Waals surface area contributed by atoms with E-state index < -0.39 is 9.84 Å². The molecule has 1 aliphatic heterocycles. The molecule has 104 valence electrons. The van der Waals surface area contributed by atoms with Gasteiger partial charge in [-0.1, -0.05) is 12.2 Å². The molecule has 0 aromatic carbocycles. The first kappa shape index (κ1) is 12.2. The molecular formula is C16H22O2S. The van der Waals surface area contributed by atoms with Crippen molar-refractivity contribution >= 4 is 9.84 Å². The van der Waals surface area contributed by atoms with Crippen LogP contribution in [0.15, 0.2) is 25.3 Å². The van der Waals surface area contributed by atoms with Crippen LogP contribution in [0.1, 0.15) is 19.3 Å². The SMILES string of the molecule is C=CC1CC(C=C)C2C3CC(C4CCS(=O)(=O)C43)C12. The molecule has 0 radical (unpaired) electrons. The highest BCUT2D eigenvalue weighted by molar-refractivity contribution is 7.92. The van der Waals surface area contributed by atoms with Crippen molar-refractivity contribution in [3.63, 3.8) is 0 Å². The normalized spacial score (nSPS) is 56.8. The first-order valence-electron chi connectivity index (χ1n) is 7.55. The number of hydrogen-bond donors (Lipinski definition) is 0. The first-order chi connectivity index (χ1) is 9.08. The van der Waals surface area contributed by atoms with Crippen LogP contribution in [0, 0.1) is 41.4 Å². The van der Waals surface area contributed by atoms with E-state index in [0.29, 0.717) is 47.2 Å². The Hall–Kier alpha value is -0.570. The van der Waals surface area contributed by atoms with Gasteiger partial charge in [-0.3, -0.25) is 0 Å². The average Bonchev–Trinajstić information content (AvgIpc) is 3.07. The van der Waals surface area contributed by atoms with Crippen LogP contribution < -0.4 is 0 Å². The Morgan fingerprint density at radius 3 is 2.16 bits per heavy atom. The largest absolute Gasteiger partial charge is 0.229 e. The van der Waals surface area contributed by atoms with Crippen LogP contribution in [-0.4, -0.2) is 19.4 Å². The molecule has 8 atom stereocenters. The standard InChI is InChI=1S/C16H22O2S/c1-3-9-7-10(4-2)15-13-8-12(14(9)15)11-5-6-19(17,18)16(11)13/h3-4,9-16H,1-2,5-8H2. The lowest BCUT2D eigenvalue weighted by atomic mass is 9.70. The third-order valence-electron chi connectivity index (χ3n) is 6.66. The van der Waals surface area contributed by atoms with Gasteiger partial charge in [-0.05, 0) is 60.7 Å². The number of rotatable bonds is 2. The van der Waals surface area contributed by atoms with Gasteiger partial charge in [0.25, 0.3) is 0 Å². The van der Waals surface area contributed by atoms with Gasteiger partial charge in [0.2, 0.25) is 0 Å². The van der Waals surface area contributed by atoms with E-state index in [9.17, 15) is 8.42 Å². The summed E-state index contributed by atoms with van der Waals surface area (Å²) in [6, 6.07) is 0. The van der Waals surface area contributed by atoms with Crippen LogP contribution >= 0.6 is 0 Å². The molecule has 4 fully saturated rings. The Morgan fingerprint density at radius 2 is 1.53 bits per heavy atom. The van der Waals surface area contributed by atoms with Gasteiger partial charge in [-0.15, -0.1) is 13.2 Å². The summed E-state index contributed by atoms with van der Waals surface area (Å²) in [5.74, 6) is 4.33. The quantitative estimate of drug-likeness (QED) is 0.728. The van der Waals surface area contributed by atoms with Crippen molar-refractivity contribution in [1.29, 1.82) is 0 Å². The average molecular weight is 278 g/mol. The van der Waals surface area contributed by atoms with Crippen molar-refractivity contribution in [3.05, 3.63) is 25.3 Å². The van der Waals surface area contributed by atoms with Crippen LogP contribution in [0.2, 0.25) is 0 Å². The molecule has 19 heavy (non-hydrogen) atoms. The molecule has 3 aliphatic carbocycles. The van der Waals surface area contributed by atoms with E-state index in [-0.39, 0.29) is 5.25 Å². The molecule has 0 aromatic rings. The van der Waals surface area contributed by atoms with E-state index in [2.05, 4.69) is 25.3 Å². The van der Waals surface area contributed by atoms with E-state index in [0.717, 1.165) is 19.3 Å². The molecule has 2 bridgehead atoms. The summed E-state index contributed by atoms with van der Waals surface area (Å²) < 4.78 is 24.6. The second-order valence-electron chi connectivity index (χ2n) is 7.04. The Kier molecular flexibility index (Phi) is 2.41. The van der Waals surface area contributed by atoms with Crippen molar-refractivity contribution in [2.75, 3.05) is 5.75 Å². The minimum absolute atomic E-state index is 0.00948. The topological polar surface area (TPSA) is 34.1 Å². The van der Waals surface area contributed by atoms with Crippen LogP contribution in [0.5, 0.6) is 0 Å². The highest BCUT2D eigenvalue weighted by atomic mass is 32.2. The zero-order chi connectivity index (χ0) is 13.4. The fourth-order valence-electron chi connectivity index (χ4n) is 6.26. The summed E-state index contributed by atoms with van der Waals surface area (Å²) in [7, 11) is -2.81. The Bertz CT molecular complexity index is 535. The zero-order valence-electron chi connectivity index (χ0n) is 11.2. The fourth-order valence-corrected chi connectivity index (χ4v) is 8.83. The summed E-state index contributed by atoms with van der Waals surface area (Å²) in [5, 5.41) is -0.00948. The molecule has 0 aromatic heterocycles. The van der Waals surface area contributed by atoms with Crippen LogP contribution in [0.4, 0.5) is 0 Å². The van der Waals surface area contributed by atoms with E-state index in [1.165, 1.54) is 0 Å². The lowest BCUT2D eigenvalue weighted by Crippen LogP contribution is -2.39. The van der Waals surface area contributed by atoms with Crippen LogP contribution in [-0.2, 0) is 9.84 Å². The molecular weight excluding hydrogens is 256 g/mol. The summed E-state index contributed by atoms with van der Waals surface area (Å²) in [5.41, 5.74) is 0. The van der Waals surface area contributed by atoms with Crippen molar-refractivity contribution in [2.24, 2.45) is 41.4 Å². The summed E-state index contributed by atoms with van der Waals surface area (Å²) in [4.78, 5) is 0. The van der Waals surface area contributed by atoms with Crippen molar-refractivity contribution in [3.8, 4) is 0 Å². The lowest BCUT2D eigenvalue weighted by Gasteiger charge is -2.36. The smallest absolute Gasteiger partial charge is 0.153 e. The Labute approximate surface area is 115 Å².